The van der Waals surface area contributed by atoms with Crippen molar-refractivity contribution < 1.29 is 27.2 Å². The molecule has 0 amide bonds. The summed E-state index contributed by atoms with van der Waals surface area (Å²) in [7, 11) is -4.02. The van der Waals surface area contributed by atoms with Gasteiger partial charge in [-0.05, 0) is 69.4 Å². The van der Waals surface area contributed by atoms with Gasteiger partial charge in [0.15, 0.2) is 5.79 Å². The van der Waals surface area contributed by atoms with E-state index < -0.39 is 10.1 Å². The maximum atomic E-state index is 11.1. The zero-order valence-electron chi connectivity index (χ0n) is 20.2. The number of hydrogen-bond acceptors (Lipinski definition) is 5. The maximum Gasteiger partial charge on any atom is 0.294 e. The fourth-order valence-electron chi connectivity index (χ4n) is 6.11. The molecule has 6 atom stereocenters. The van der Waals surface area contributed by atoms with Crippen LogP contribution in [0.3, 0.4) is 0 Å². The van der Waals surface area contributed by atoms with Crippen LogP contribution in [0.5, 0.6) is 0 Å². The van der Waals surface area contributed by atoms with E-state index in [1.54, 1.807) is 12.1 Å². The lowest BCUT2D eigenvalue weighted by Gasteiger charge is -2.24. The zero-order valence-corrected chi connectivity index (χ0v) is 21.0. The highest BCUT2D eigenvalue weighted by atomic mass is 32.2. The molecule has 186 valence electrons. The monoisotopic (exact) mass is 488 g/mol. The average molecular weight is 489 g/mol. The summed E-state index contributed by atoms with van der Waals surface area (Å²) in [5.41, 5.74) is 0.956. The number of hydrogen-bond donors (Lipinski definition) is 1. The third kappa shape index (κ3) is 5.23. The topological polar surface area (TPSA) is 89.9 Å². The minimum Gasteiger partial charge on any atom is -0.347 e. The van der Waals surface area contributed by atoms with Gasteiger partial charge in [0, 0.05) is 24.7 Å². The lowest BCUT2D eigenvalue weighted by molar-refractivity contribution is -0.169. The van der Waals surface area contributed by atoms with Gasteiger partial charge in [0.05, 0.1) is 18.1 Å². The molecule has 0 aromatic heterocycles. The number of ketones is 1. The van der Waals surface area contributed by atoms with Gasteiger partial charge in [-0.25, -0.2) is 0 Å². The summed E-state index contributed by atoms with van der Waals surface area (Å²) in [4.78, 5) is 11.0. The van der Waals surface area contributed by atoms with Crippen LogP contribution in [0.2, 0.25) is 0 Å². The maximum absolute atomic E-state index is 11.1. The van der Waals surface area contributed by atoms with Gasteiger partial charge < -0.3 is 9.47 Å². The molecule has 1 heterocycles. The first-order valence-corrected chi connectivity index (χ1v) is 13.8. The predicted molar refractivity (Wildman–Crippen MR) is 130 cm³/mol. The van der Waals surface area contributed by atoms with Gasteiger partial charge >= 0.3 is 0 Å². The Balaban J connectivity index is 0.000000122. The van der Waals surface area contributed by atoms with Gasteiger partial charge in [-0.1, -0.05) is 42.0 Å². The van der Waals surface area contributed by atoms with Crippen LogP contribution in [0, 0.1) is 42.4 Å². The Bertz CT molecular complexity index is 1030. The highest BCUT2D eigenvalue weighted by molar-refractivity contribution is 7.85. The van der Waals surface area contributed by atoms with Crippen molar-refractivity contribution in [3.63, 3.8) is 0 Å². The smallest absolute Gasteiger partial charge is 0.294 e. The summed E-state index contributed by atoms with van der Waals surface area (Å²) in [6, 6.07) is 5.99. The molecule has 6 rings (SSSR count). The minimum absolute atomic E-state index is 0.0666. The SMILES string of the molecule is CC=C[C@H]1[C@H]2CCC(=O)[C@@H]12.CC=C[C@H]1[C@H]2CCC3(OCCO3)[C@@H]12.Cc1ccc(S(=O)(=O)O)cc1. The van der Waals surface area contributed by atoms with Crippen molar-refractivity contribution >= 4 is 15.9 Å². The second-order valence-corrected chi connectivity index (χ2v) is 11.3. The van der Waals surface area contributed by atoms with E-state index in [0.29, 0.717) is 23.5 Å². The zero-order chi connectivity index (χ0) is 24.5. The molecule has 4 saturated carbocycles. The van der Waals surface area contributed by atoms with Crippen LogP contribution in [0.1, 0.15) is 45.1 Å². The Hall–Kier alpha value is -1.80. The molecule has 1 aliphatic heterocycles. The highest BCUT2D eigenvalue weighted by Crippen LogP contribution is 2.65. The first-order valence-electron chi connectivity index (χ1n) is 12.3. The number of rotatable bonds is 3. The van der Waals surface area contributed by atoms with E-state index in [9.17, 15) is 13.2 Å². The number of benzene rings is 1. The van der Waals surface area contributed by atoms with E-state index in [-0.39, 0.29) is 10.7 Å². The Labute approximate surface area is 203 Å². The number of allylic oxidation sites excluding steroid dienone is 4. The summed E-state index contributed by atoms with van der Waals surface area (Å²) in [5, 5.41) is 0. The third-order valence-electron chi connectivity index (χ3n) is 7.81. The molecule has 1 spiro atoms. The van der Waals surface area contributed by atoms with E-state index in [4.69, 9.17) is 14.0 Å². The summed E-state index contributed by atoms with van der Waals surface area (Å²) in [6.45, 7) is 7.56. The van der Waals surface area contributed by atoms with E-state index >= 15 is 0 Å². The van der Waals surface area contributed by atoms with Crippen LogP contribution in [-0.2, 0) is 24.4 Å². The number of aryl methyl sites for hydroxylation is 1. The Morgan fingerprint density at radius 2 is 1.59 bits per heavy atom. The fourth-order valence-corrected chi connectivity index (χ4v) is 6.59. The molecular formula is C27H36O6S. The molecule has 6 nitrogen and oxygen atoms in total. The van der Waals surface area contributed by atoms with Crippen molar-refractivity contribution in [3.8, 4) is 0 Å². The Morgan fingerprint density at radius 3 is 2.12 bits per heavy atom. The highest BCUT2D eigenvalue weighted by Gasteiger charge is 2.67. The molecule has 0 unspecified atom stereocenters. The molecule has 1 aromatic rings. The van der Waals surface area contributed by atoms with Crippen LogP contribution >= 0.6 is 0 Å². The van der Waals surface area contributed by atoms with Gasteiger partial charge in [0.1, 0.15) is 5.78 Å². The quantitative estimate of drug-likeness (QED) is 0.476. The van der Waals surface area contributed by atoms with Crippen molar-refractivity contribution in [2.75, 3.05) is 13.2 Å². The first-order chi connectivity index (χ1) is 16.2. The lowest BCUT2D eigenvalue weighted by atomic mass is 10.1. The minimum atomic E-state index is -4.02. The Kier molecular flexibility index (Phi) is 7.48. The van der Waals surface area contributed by atoms with E-state index in [2.05, 4.69) is 31.2 Å². The number of ether oxygens (including phenoxy) is 2. The van der Waals surface area contributed by atoms with Gasteiger partial charge in [-0.2, -0.15) is 8.42 Å². The molecule has 7 heteroatoms. The predicted octanol–water partition coefficient (Wildman–Crippen LogP) is 4.99. The standard InChI is InChI=1S/C11H16O2.C9H12O.C7H8O3S/c1-2-3-8-9-4-5-11(10(8)9)12-6-7-13-11;1-2-3-6-7-4-5-8(10)9(6)7;1-6-2-4-7(5-3-6)11(8,9)10/h2-3,8-10H,4-7H2,1H3;2-3,6-7,9H,4-5H2,1H3;2-5H,1H3,(H,8,9,10)/t8-,9+,10-;6-,7+,9-;/m00./s1. The van der Waals surface area contributed by atoms with Gasteiger partial charge in [0.25, 0.3) is 10.1 Å². The average Bonchev–Trinajstić information content (AvgIpc) is 3.42. The summed E-state index contributed by atoms with van der Waals surface area (Å²) >= 11 is 0. The van der Waals surface area contributed by atoms with Gasteiger partial charge in [0.2, 0.25) is 0 Å². The summed E-state index contributed by atoms with van der Waals surface area (Å²) < 4.78 is 41.1. The molecule has 1 saturated heterocycles. The van der Waals surface area contributed by atoms with E-state index in [0.717, 1.165) is 55.8 Å². The molecule has 1 N–H and O–H groups in total. The van der Waals surface area contributed by atoms with Gasteiger partial charge in [-0.3, -0.25) is 9.35 Å². The molecule has 4 aliphatic carbocycles. The van der Waals surface area contributed by atoms with Crippen LogP contribution in [0.15, 0.2) is 53.5 Å². The molecule has 1 aromatic carbocycles. The first kappa shape index (κ1) is 25.3. The number of carbonyl (C=O) groups is 1. The second kappa shape index (κ2) is 10.1. The molecule has 34 heavy (non-hydrogen) atoms. The van der Waals surface area contributed by atoms with Crippen LogP contribution in [0.25, 0.3) is 0 Å². The molecule has 0 bridgehead atoms. The second-order valence-electron chi connectivity index (χ2n) is 9.93. The lowest BCUT2D eigenvalue weighted by Crippen LogP contribution is -2.31. The Morgan fingerprint density at radius 1 is 0.971 bits per heavy atom. The summed E-state index contributed by atoms with van der Waals surface area (Å²) in [6.07, 6.45) is 13.1. The molecule has 0 radical (unpaired) electrons. The van der Waals surface area contributed by atoms with Crippen LogP contribution in [0.4, 0.5) is 0 Å². The molecule has 5 aliphatic rings. The van der Waals surface area contributed by atoms with Crippen molar-refractivity contribution in [1.82, 2.24) is 0 Å². The third-order valence-corrected chi connectivity index (χ3v) is 8.68. The van der Waals surface area contributed by atoms with Crippen molar-refractivity contribution in [3.05, 3.63) is 54.1 Å². The van der Waals surface area contributed by atoms with Crippen LogP contribution < -0.4 is 0 Å². The molecule has 5 fully saturated rings. The summed E-state index contributed by atoms with van der Waals surface area (Å²) in [5.74, 6) is 4.44. The van der Waals surface area contributed by atoms with Gasteiger partial charge in [-0.15, -0.1) is 0 Å². The fraction of sp³-hybridized carbons (Fsp3) is 0.593. The van der Waals surface area contributed by atoms with E-state index in [1.807, 2.05) is 13.8 Å². The molecular weight excluding hydrogens is 452 g/mol. The van der Waals surface area contributed by atoms with Crippen molar-refractivity contribution in [2.24, 2.45) is 35.5 Å². The normalized spacial score (nSPS) is 34.4. The number of Topliss-reactive ketones (excluding diaryl/α,β-unsaturated/α-hetero) is 1. The number of carbonyl (C=O) groups excluding carboxylic acids is 1. The van der Waals surface area contributed by atoms with Crippen molar-refractivity contribution in [2.45, 2.75) is 57.1 Å². The van der Waals surface area contributed by atoms with Crippen LogP contribution in [-0.4, -0.2) is 37.8 Å². The van der Waals surface area contributed by atoms with E-state index in [1.165, 1.54) is 18.6 Å². The van der Waals surface area contributed by atoms with Crippen molar-refractivity contribution in [1.29, 1.82) is 0 Å². The largest absolute Gasteiger partial charge is 0.347 e. The number of fused-ring (bicyclic) bond motifs is 3.